The number of piperidine rings is 1. The van der Waals surface area contributed by atoms with Crippen LogP contribution in [0.15, 0.2) is 54.9 Å². The summed E-state index contributed by atoms with van der Waals surface area (Å²) in [4.78, 5) is 36.5. The molecule has 2 aliphatic rings. The molecule has 176 valence electrons. The Labute approximate surface area is 203 Å². The quantitative estimate of drug-likeness (QED) is 0.621. The van der Waals surface area contributed by atoms with Crippen LogP contribution in [-0.4, -0.2) is 76.1 Å². The van der Waals surface area contributed by atoms with Gasteiger partial charge in [-0.2, -0.15) is 5.10 Å². The highest BCUT2D eigenvalue weighted by Gasteiger charge is 2.33. The fraction of sp³-hybridized carbons (Fsp3) is 0.360. The molecule has 1 atom stereocenters. The average Bonchev–Trinajstić information content (AvgIpc) is 3.39. The number of benzene rings is 1. The number of piperazine rings is 1. The minimum absolute atomic E-state index is 0.118. The van der Waals surface area contributed by atoms with Gasteiger partial charge in [0.2, 0.25) is 5.91 Å². The molecule has 1 N–H and O–H groups in total. The van der Waals surface area contributed by atoms with Crippen molar-refractivity contribution >= 4 is 29.1 Å². The molecule has 2 aliphatic heterocycles. The summed E-state index contributed by atoms with van der Waals surface area (Å²) in [6, 6.07) is 13.3. The van der Waals surface area contributed by atoms with E-state index in [2.05, 4.69) is 20.1 Å². The average molecular weight is 479 g/mol. The minimum atomic E-state index is -0.166. The number of hydrogen-bond donors (Lipinski definition) is 1. The third-order valence-electron chi connectivity index (χ3n) is 6.61. The molecule has 2 fully saturated rings. The number of likely N-dealkylation sites (tertiary alicyclic amines) is 1. The lowest BCUT2D eigenvalue weighted by Crippen LogP contribution is -2.53. The summed E-state index contributed by atoms with van der Waals surface area (Å²) in [6.45, 7) is 4.02. The lowest BCUT2D eigenvalue weighted by Gasteiger charge is -2.39. The Morgan fingerprint density at radius 2 is 1.79 bits per heavy atom. The second kappa shape index (κ2) is 9.85. The van der Waals surface area contributed by atoms with Gasteiger partial charge in [-0.05, 0) is 55.3 Å². The van der Waals surface area contributed by atoms with Crippen molar-refractivity contribution in [3.63, 3.8) is 0 Å². The number of nitrogens with one attached hydrogen (secondary N) is 1. The van der Waals surface area contributed by atoms with Gasteiger partial charge < -0.3 is 14.7 Å². The number of pyridine rings is 1. The zero-order valence-corrected chi connectivity index (χ0v) is 19.6. The van der Waals surface area contributed by atoms with Gasteiger partial charge in [0.1, 0.15) is 5.69 Å². The number of hydrogen-bond acceptors (Lipinski definition) is 5. The van der Waals surface area contributed by atoms with Crippen molar-refractivity contribution in [2.45, 2.75) is 12.8 Å². The van der Waals surface area contributed by atoms with E-state index >= 15 is 0 Å². The molecule has 2 aromatic heterocycles. The molecule has 0 unspecified atom stereocenters. The first-order valence-electron chi connectivity index (χ1n) is 11.6. The van der Waals surface area contributed by atoms with Crippen molar-refractivity contribution in [1.29, 1.82) is 0 Å². The van der Waals surface area contributed by atoms with Crippen LogP contribution >= 0.6 is 11.6 Å². The molecule has 9 heteroatoms. The normalized spacial score (nSPS) is 18.7. The molecule has 0 radical (unpaired) electrons. The van der Waals surface area contributed by atoms with Crippen molar-refractivity contribution in [2.75, 3.05) is 44.2 Å². The molecule has 8 nitrogen and oxygen atoms in total. The van der Waals surface area contributed by atoms with Gasteiger partial charge in [0.15, 0.2) is 0 Å². The maximum atomic E-state index is 13.3. The first-order valence-corrected chi connectivity index (χ1v) is 12.0. The second-order valence-electron chi connectivity index (χ2n) is 8.79. The van der Waals surface area contributed by atoms with Crippen LogP contribution in [0.5, 0.6) is 0 Å². The summed E-state index contributed by atoms with van der Waals surface area (Å²) in [7, 11) is 0. The Balaban J connectivity index is 1.18. The fourth-order valence-corrected chi connectivity index (χ4v) is 4.85. The number of amides is 2. The smallest absolute Gasteiger partial charge is 0.271 e. The molecule has 4 heterocycles. The summed E-state index contributed by atoms with van der Waals surface area (Å²) in [5.74, 6) is -0.137. The maximum Gasteiger partial charge on any atom is 0.271 e. The Hall–Kier alpha value is -3.39. The standard InChI is InChI=1S/C25H27ClN6O2/c26-20-5-7-21(8-6-20)30-11-13-31(14-12-30)24(33)19-4-2-10-32(17-19)25(34)23-15-22(28-29-23)18-3-1-9-27-16-18/h1,3,5-9,15-16,19H,2,4,10-14,17H2,(H,28,29)/t19-/m1/s1. The number of H-pyrrole nitrogens is 1. The third kappa shape index (κ3) is 4.77. The van der Waals surface area contributed by atoms with E-state index in [9.17, 15) is 9.59 Å². The monoisotopic (exact) mass is 478 g/mol. The number of aromatic amines is 1. The van der Waals surface area contributed by atoms with Crippen LogP contribution in [0, 0.1) is 5.92 Å². The van der Waals surface area contributed by atoms with Gasteiger partial charge in [0.25, 0.3) is 5.91 Å². The summed E-state index contributed by atoms with van der Waals surface area (Å²) in [5, 5.41) is 7.84. The van der Waals surface area contributed by atoms with Crippen molar-refractivity contribution in [2.24, 2.45) is 5.92 Å². The number of carbonyl (C=O) groups is 2. The van der Waals surface area contributed by atoms with Gasteiger partial charge in [-0.15, -0.1) is 0 Å². The molecule has 0 saturated carbocycles. The maximum absolute atomic E-state index is 13.3. The molecule has 2 saturated heterocycles. The lowest BCUT2D eigenvalue weighted by atomic mass is 9.96. The molecule has 0 spiro atoms. The van der Waals surface area contributed by atoms with Gasteiger partial charge in [0.05, 0.1) is 11.6 Å². The van der Waals surface area contributed by atoms with E-state index in [-0.39, 0.29) is 17.7 Å². The van der Waals surface area contributed by atoms with Crippen LogP contribution in [0.25, 0.3) is 11.3 Å². The molecule has 1 aromatic carbocycles. The van der Waals surface area contributed by atoms with E-state index in [1.165, 1.54) is 0 Å². The van der Waals surface area contributed by atoms with Crippen LogP contribution in [0.3, 0.4) is 0 Å². The van der Waals surface area contributed by atoms with Gasteiger partial charge in [-0.1, -0.05) is 11.6 Å². The van der Waals surface area contributed by atoms with Crippen molar-refractivity contribution in [1.82, 2.24) is 25.0 Å². The molecule has 0 bridgehead atoms. The highest BCUT2D eigenvalue weighted by molar-refractivity contribution is 6.30. The number of anilines is 1. The number of halogens is 1. The summed E-state index contributed by atoms with van der Waals surface area (Å²) >= 11 is 6.00. The highest BCUT2D eigenvalue weighted by Crippen LogP contribution is 2.24. The van der Waals surface area contributed by atoms with E-state index in [0.29, 0.717) is 37.6 Å². The van der Waals surface area contributed by atoms with E-state index in [4.69, 9.17) is 11.6 Å². The van der Waals surface area contributed by atoms with Crippen LogP contribution in [0.1, 0.15) is 23.3 Å². The second-order valence-corrected chi connectivity index (χ2v) is 9.22. The lowest BCUT2D eigenvalue weighted by molar-refractivity contribution is -0.137. The number of rotatable bonds is 4. The van der Waals surface area contributed by atoms with Crippen molar-refractivity contribution in [3.05, 3.63) is 65.6 Å². The number of aromatic nitrogens is 3. The molecule has 2 amide bonds. The topological polar surface area (TPSA) is 85.4 Å². The van der Waals surface area contributed by atoms with E-state index in [1.54, 1.807) is 23.4 Å². The predicted octanol–water partition coefficient (Wildman–Crippen LogP) is 3.33. The summed E-state index contributed by atoms with van der Waals surface area (Å²) in [6.07, 6.45) is 5.04. The Kier molecular flexibility index (Phi) is 6.49. The molecule has 5 rings (SSSR count). The molecule has 0 aliphatic carbocycles. The zero-order chi connectivity index (χ0) is 23.5. The van der Waals surface area contributed by atoms with Crippen LogP contribution in [0.2, 0.25) is 5.02 Å². The summed E-state index contributed by atoms with van der Waals surface area (Å²) < 4.78 is 0. The van der Waals surface area contributed by atoms with E-state index in [0.717, 1.165) is 42.2 Å². The van der Waals surface area contributed by atoms with Crippen molar-refractivity contribution < 1.29 is 9.59 Å². The van der Waals surface area contributed by atoms with Crippen LogP contribution in [0.4, 0.5) is 5.69 Å². The largest absolute Gasteiger partial charge is 0.368 e. The van der Waals surface area contributed by atoms with Crippen LogP contribution < -0.4 is 4.90 Å². The van der Waals surface area contributed by atoms with Crippen molar-refractivity contribution in [3.8, 4) is 11.3 Å². The van der Waals surface area contributed by atoms with Gasteiger partial charge >= 0.3 is 0 Å². The van der Waals surface area contributed by atoms with Gasteiger partial charge in [-0.3, -0.25) is 19.7 Å². The minimum Gasteiger partial charge on any atom is -0.368 e. The van der Waals surface area contributed by atoms with E-state index < -0.39 is 0 Å². The molecular formula is C25H27ClN6O2. The molecule has 34 heavy (non-hydrogen) atoms. The number of nitrogens with zero attached hydrogens (tertiary/aromatic N) is 5. The molecular weight excluding hydrogens is 452 g/mol. The van der Waals surface area contributed by atoms with Crippen LogP contribution in [-0.2, 0) is 4.79 Å². The number of carbonyl (C=O) groups excluding carboxylic acids is 2. The predicted molar refractivity (Wildman–Crippen MR) is 131 cm³/mol. The Morgan fingerprint density at radius 1 is 1.00 bits per heavy atom. The Bertz CT molecular complexity index is 1140. The fourth-order valence-electron chi connectivity index (χ4n) is 4.72. The highest BCUT2D eigenvalue weighted by atomic mass is 35.5. The first-order chi connectivity index (χ1) is 16.6. The Morgan fingerprint density at radius 3 is 2.53 bits per heavy atom. The summed E-state index contributed by atoms with van der Waals surface area (Å²) in [5.41, 5.74) is 3.08. The zero-order valence-electron chi connectivity index (χ0n) is 18.9. The SMILES string of the molecule is O=C(c1cc(-c2cccnc2)n[nH]1)N1CCC[C@@H](C(=O)N2CCN(c3ccc(Cl)cc3)CC2)C1. The molecule has 3 aromatic rings. The van der Waals surface area contributed by atoms with Gasteiger partial charge in [0, 0.05) is 67.9 Å². The van der Waals surface area contributed by atoms with Gasteiger partial charge in [-0.25, -0.2) is 0 Å². The first kappa shape index (κ1) is 22.4. The van der Waals surface area contributed by atoms with E-state index in [1.807, 2.05) is 41.3 Å². The third-order valence-corrected chi connectivity index (χ3v) is 6.86.